The molecule has 1 aliphatic heterocycles. The predicted molar refractivity (Wildman–Crippen MR) is 94.3 cm³/mol. The molecule has 2 heterocycles. The number of nitrogens with one attached hydrogen (secondary N) is 1. The number of rotatable bonds is 5. The first kappa shape index (κ1) is 19.4. The molecule has 8 heteroatoms. The van der Waals surface area contributed by atoms with E-state index < -0.39 is 17.6 Å². The van der Waals surface area contributed by atoms with E-state index in [9.17, 15) is 18.0 Å². The number of halogens is 3. The van der Waals surface area contributed by atoms with Crippen LogP contribution in [-0.4, -0.2) is 48.2 Å². The number of benzene rings is 1. The van der Waals surface area contributed by atoms with Gasteiger partial charge in [-0.05, 0) is 30.3 Å². The van der Waals surface area contributed by atoms with Crippen molar-refractivity contribution < 1.29 is 22.7 Å². The van der Waals surface area contributed by atoms with Crippen molar-refractivity contribution in [2.75, 3.05) is 32.8 Å². The van der Waals surface area contributed by atoms with Crippen LogP contribution in [-0.2, 0) is 18.0 Å². The number of aryl methyl sites for hydroxylation is 1. The fraction of sp³-hybridized carbons (Fsp3) is 0.421. The fourth-order valence-electron chi connectivity index (χ4n) is 3.26. The lowest BCUT2D eigenvalue weighted by Crippen LogP contribution is -2.44. The minimum Gasteiger partial charge on any atom is -0.379 e. The Hall–Kier alpha value is -2.32. The maximum atomic E-state index is 12.9. The summed E-state index contributed by atoms with van der Waals surface area (Å²) in [7, 11) is 1.93. The van der Waals surface area contributed by atoms with Crippen molar-refractivity contribution in [3.63, 3.8) is 0 Å². The molecule has 2 aromatic rings. The summed E-state index contributed by atoms with van der Waals surface area (Å²) in [6, 6.07) is 8.29. The van der Waals surface area contributed by atoms with Gasteiger partial charge in [0.25, 0.3) is 5.91 Å². The van der Waals surface area contributed by atoms with Crippen LogP contribution in [0.5, 0.6) is 0 Å². The van der Waals surface area contributed by atoms with Gasteiger partial charge in [0.1, 0.15) is 0 Å². The Kier molecular flexibility index (Phi) is 5.86. The number of carbonyl (C=O) groups is 1. The van der Waals surface area contributed by atoms with E-state index in [1.807, 2.05) is 29.9 Å². The van der Waals surface area contributed by atoms with Crippen molar-refractivity contribution in [1.82, 2.24) is 14.8 Å². The van der Waals surface area contributed by atoms with Crippen LogP contribution in [0.1, 0.15) is 27.7 Å². The van der Waals surface area contributed by atoms with Crippen molar-refractivity contribution in [2.45, 2.75) is 12.2 Å². The van der Waals surface area contributed by atoms with E-state index in [4.69, 9.17) is 4.74 Å². The number of carbonyl (C=O) groups excluding carboxylic acids is 1. The summed E-state index contributed by atoms with van der Waals surface area (Å²) in [5.41, 5.74) is 0.195. The molecule has 1 aromatic carbocycles. The zero-order valence-corrected chi connectivity index (χ0v) is 15.0. The lowest BCUT2D eigenvalue weighted by molar-refractivity contribution is -0.137. The number of aromatic nitrogens is 1. The molecule has 1 fully saturated rings. The molecule has 1 aliphatic rings. The van der Waals surface area contributed by atoms with E-state index in [-0.39, 0.29) is 11.6 Å². The number of hydrogen-bond acceptors (Lipinski definition) is 3. The highest BCUT2D eigenvalue weighted by molar-refractivity contribution is 5.94. The van der Waals surface area contributed by atoms with Gasteiger partial charge < -0.3 is 14.6 Å². The van der Waals surface area contributed by atoms with Crippen molar-refractivity contribution in [3.05, 3.63) is 59.4 Å². The average molecular weight is 381 g/mol. The Morgan fingerprint density at radius 3 is 2.59 bits per heavy atom. The molecule has 3 rings (SSSR count). The SMILES string of the molecule is Cn1cccc1[C@@H](CNC(=O)c1cccc(C(F)(F)F)c1)N1CCOCC1. The molecule has 0 spiro atoms. The van der Waals surface area contributed by atoms with Gasteiger partial charge in [0.2, 0.25) is 0 Å². The van der Waals surface area contributed by atoms with E-state index >= 15 is 0 Å². The second-order valence-corrected chi connectivity index (χ2v) is 6.50. The van der Waals surface area contributed by atoms with Gasteiger partial charge in [-0.3, -0.25) is 9.69 Å². The first-order valence-electron chi connectivity index (χ1n) is 8.75. The lowest BCUT2D eigenvalue weighted by atomic mass is 10.1. The van der Waals surface area contributed by atoms with E-state index in [1.165, 1.54) is 12.1 Å². The zero-order valence-electron chi connectivity index (χ0n) is 15.0. The van der Waals surface area contributed by atoms with Gasteiger partial charge in [-0.2, -0.15) is 13.2 Å². The third-order valence-corrected chi connectivity index (χ3v) is 4.72. The largest absolute Gasteiger partial charge is 0.416 e. The van der Waals surface area contributed by atoms with E-state index in [2.05, 4.69) is 10.2 Å². The molecule has 27 heavy (non-hydrogen) atoms. The molecule has 0 saturated carbocycles. The minimum absolute atomic E-state index is 0.00238. The quantitative estimate of drug-likeness (QED) is 0.867. The Morgan fingerprint density at radius 1 is 1.22 bits per heavy atom. The zero-order chi connectivity index (χ0) is 19.4. The monoisotopic (exact) mass is 381 g/mol. The Morgan fingerprint density at radius 2 is 1.96 bits per heavy atom. The number of morpholine rings is 1. The van der Waals surface area contributed by atoms with Crippen molar-refractivity contribution in [2.24, 2.45) is 7.05 Å². The van der Waals surface area contributed by atoms with Crippen LogP contribution in [0, 0.1) is 0 Å². The number of nitrogens with zero attached hydrogens (tertiary/aromatic N) is 2. The van der Waals surface area contributed by atoms with E-state index in [0.717, 1.165) is 30.9 Å². The number of alkyl halides is 3. The van der Waals surface area contributed by atoms with Gasteiger partial charge in [-0.15, -0.1) is 0 Å². The molecule has 1 amide bonds. The number of hydrogen-bond donors (Lipinski definition) is 1. The van der Waals surface area contributed by atoms with E-state index in [1.54, 1.807) is 0 Å². The summed E-state index contributed by atoms with van der Waals surface area (Å²) in [4.78, 5) is 14.7. The summed E-state index contributed by atoms with van der Waals surface area (Å²) < 4.78 is 46.0. The second-order valence-electron chi connectivity index (χ2n) is 6.50. The third-order valence-electron chi connectivity index (χ3n) is 4.72. The van der Waals surface area contributed by atoms with Crippen LogP contribution in [0.2, 0.25) is 0 Å². The Labute approximate surface area is 155 Å². The van der Waals surface area contributed by atoms with Crippen molar-refractivity contribution in [1.29, 1.82) is 0 Å². The van der Waals surface area contributed by atoms with Crippen molar-refractivity contribution in [3.8, 4) is 0 Å². The van der Waals surface area contributed by atoms with Crippen molar-refractivity contribution >= 4 is 5.91 Å². The highest BCUT2D eigenvalue weighted by atomic mass is 19.4. The minimum atomic E-state index is -4.48. The summed E-state index contributed by atoms with van der Waals surface area (Å²) in [5, 5.41) is 2.79. The summed E-state index contributed by atoms with van der Waals surface area (Å²) in [6.07, 6.45) is -2.55. The van der Waals surface area contributed by atoms with Gasteiger partial charge >= 0.3 is 6.18 Å². The molecule has 0 aliphatic carbocycles. The number of amides is 1. The maximum Gasteiger partial charge on any atom is 0.416 e. The first-order chi connectivity index (χ1) is 12.9. The molecule has 0 unspecified atom stereocenters. The highest BCUT2D eigenvalue weighted by Crippen LogP contribution is 2.29. The van der Waals surface area contributed by atoms with Crippen LogP contribution in [0.25, 0.3) is 0 Å². The molecular formula is C19H22F3N3O2. The van der Waals surface area contributed by atoms with Gasteiger partial charge in [0.05, 0.1) is 24.8 Å². The molecule has 146 valence electrons. The normalized spacial score (nSPS) is 16.9. The first-order valence-corrected chi connectivity index (χ1v) is 8.75. The average Bonchev–Trinajstić information content (AvgIpc) is 3.08. The Bertz CT molecular complexity index is 783. The van der Waals surface area contributed by atoms with Gasteiger partial charge in [0, 0.05) is 44.1 Å². The molecule has 1 atom stereocenters. The van der Waals surface area contributed by atoms with Crippen LogP contribution in [0.3, 0.4) is 0 Å². The highest BCUT2D eigenvalue weighted by Gasteiger charge is 2.31. The van der Waals surface area contributed by atoms with Gasteiger partial charge in [-0.25, -0.2) is 0 Å². The van der Waals surface area contributed by atoms with Crippen LogP contribution >= 0.6 is 0 Å². The summed E-state index contributed by atoms with van der Waals surface area (Å²) in [6.45, 7) is 2.99. The number of ether oxygens (including phenoxy) is 1. The standard InChI is InChI=1S/C19H22F3N3O2/c1-24-7-3-6-16(24)17(25-8-10-27-11-9-25)13-23-18(26)14-4-2-5-15(12-14)19(20,21)22/h2-7,12,17H,8-11,13H2,1H3,(H,23,26)/t17-/m1/s1. The van der Waals surface area contributed by atoms with E-state index in [0.29, 0.717) is 19.8 Å². The fourth-order valence-corrected chi connectivity index (χ4v) is 3.26. The molecular weight excluding hydrogens is 359 g/mol. The van der Waals surface area contributed by atoms with Gasteiger partial charge in [0.15, 0.2) is 0 Å². The molecule has 1 saturated heterocycles. The molecule has 1 N–H and O–H groups in total. The second kappa shape index (κ2) is 8.14. The molecule has 1 aromatic heterocycles. The predicted octanol–water partition coefficient (Wildman–Crippen LogP) is 2.85. The lowest BCUT2D eigenvalue weighted by Gasteiger charge is -2.35. The smallest absolute Gasteiger partial charge is 0.379 e. The summed E-state index contributed by atoms with van der Waals surface area (Å²) in [5.74, 6) is -0.520. The summed E-state index contributed by atoms with van der Waals surface area (Å²) >= 11 is 0. The van der Waals surface area contributed by atoms with Crippen LogP contribution in [0.4, 0.5) is 13.2 Å². The third kappa shape index (κ3) is 4.70. The topological polar surface area (TPSA) is 46.5 Å². The molecule has 5 nitrogen and oxygen atoms in total. The van der Waals surface area contributed by atoms with Gasteiger partial charge in [-0.1, -0.05) is 6.07 Å². The Balaban J connectivity index is 1.73. The van der Waals surface area contributed by atoms with Crippen LogP contribution < -0.4 is 5.32 Å². The molecule has 0 bridgehead atoms. The maximum absolute atomic E-state index is 12.9. The molecule has 0 radical (unpaired) electrons. The van der Waals surface area contributed by atoms with Crippen LogP contribution in [0.15, 0.2) is 42.6 Å².